The molecule has 0 radical (unpaired) electrons. The molecule has 2 aromatic rings. The zero-order valence-electron chi connectivity index (χ0n) is 15.6. The van der Waals surface area contributed by atoms with E-state index in [9.17, 15) is 18.0 Å². The second-order valence-corrected chi connectivity index (χ2v) is 7.53. The van der Waals surface area contributed by atoms with Crippen molar-refractivity contribution in [3.8, 4) is 5.75 Å². The van der Waals surface area contributed by atoms with Gasteiger partial charge in [0.05, 0.1) is 12.0 Å². The molecule has 2 aromatic carbocycles. The summed E-state index contributed by atoms with van der Waals surface area (Å²) in [6.45, 7) is -0.559. The second-order valence-electron chi connectivity index (χ2n) is 5.97. The van der Waals surface area contributed by atoms with Gasteiger partial charge in [0.15, 0.2) is 6.61 Å². The number of rotatable bonds is 7. The molecular formula is C18H21N3O6S. The van der Waals surface area contributed by atoms with Gasteiger partial charge in [-0.3, -0.25) is 4.79 Å². The number of esters is 1. The monoisotopic (exact) mass is 407 g/mol. The summed E-state index contributed by atoms with van der Waals surface area (Å²) < 4.78 is 32.9. The van der Waals surface area contributed by atoms with Crippen molar-refractivity contribution in [2.24, 2.45) is 5.14 Å². The highest BCUT2D eigenvalue weighted by Crippen LogP contribution is 2.23. The Morgan fingerprint density at radius 2 is 1.75 bits per heavy atom. The lowest BCUT2D eigenvalue weighted by Gasteiger charge is -2.13. The van der Waals surface area contributed by atoms with E-state index in [1.807, 2.05) is 31.1 Å². The van der Waals surface area contributed by atoms with E-state index >= 15 is 0 Å². The van der Waals surface area contributed by atoms with Gasteiger partial charge in [0.2, 0.25) is 10.0 Å². The van der Waals surface area contributed by atoms with E-state index < -0.39 is 28.5 Å². The first kappa shape index (κ1) is 21.2. The third-order valence-corrected chi connectivity index (χ3v) is 4.63. The molecule has 1 amide bonds. The van der Waals surface area contributed by atoms with Crippen LogP contribution in [0.15, 0.2) is 47.4 Å². The number of amides is 1. The average molecular weight is 407 g/mol. The number of sulfonamides is 1. The van der Waals surface area contributed by atoms with Crippen LogP contribution >= 0.6 is 0 Å². The first-order chi connectivity index (χ1) is 13.1. The molecule has 0 fully saturated rings. The summed E-state index contributed by atoms with van der Waals surface area (Å²) in [5.74, 6) is -1.37. The van der Waals surface area contributed by atoms with E-state index in [4.69, 9.17) is 14.6 Å². The fourth-order valence-electron chi connectivity index (χ4n) is 2.27. The Hall–Kier alpha value is -3.11. The van der Waals surface area contributed by atoms with Gasteiger partial charge in [-0.25, -0.2) is 18.4 Å². The van der Waals surface area contributed by atoms with Crippen molar-refractivity contribution in [3.05, 3.63) is 48.0 Å². The minimum absolute atomic E-state index is 0.0945. The van der Waals surface area contributed by atoms with Crippen LogP contribution in [0.25, 0.3) is 0 Å². The van der Waals surface area contributed by atoms with Crippen molar-refractivity contribution in [2.75, 3.05) is 38.0 Å². The van der Waals surface area contributed by atoms with E-state index in [1.54, 1.807) is 12.1 Å². The van der Waals surface area contributed by atoms with Gasteiger partial charge in [-0.1, -0.05) is 0 Å². The van der Waals surface area contributed by atoms with Crippen LogP contribution in [-0.4, -0.2) is 48.1 Å². The molecule has 0 heterocycles. The van der Waals surface area contributed by atoms with Crippen LogP contribution in [0.4, 0.5) is 11.4 Å². The summed E-state index contributed by atoms with van der Waals surface area (Å²) in [6, 6.07) is 10.6. The van der Waals surface area contributed by atoms with Gasteiger partial charge in [0.1, 0.15) is 11.3 Å². The minimum atomic E-state index is -4.01. The minimum Gasteiger partial charge on any atom is -0.496 e. The normalized spacial score (nSPS) is 10.9. The topological polar surface area (TPSA) is 128 Å². The Morgan fingerprint density at radius 1 is 1.11 bits per heavy atom. The number of ether oxygens (including phenoxy) is 2. The van der Waals surface area contributed by atoms with E-state index in [2.05, 4.69) is 5.32 Å². The molecule has 2 rings (SSSR count). The number of nitrogens with two attached hydrogens (primary N) is 1. The molecule has 3 N–H and O–H groups in total. The van der Waals surface area contributed by atoms with Gasteiger partial charge in [0.25, 0.3) is 5.91 Å². The quantitative estimate of drug-likeness (QED) is 0.660. The maximum atomic E-state index is 12.3. The number of anilines is 2. The first-order valence-electron chi connectivity index (χ1n) is 8.07. The molecule has 150 valence electrons. The molecule has 0 unspecified atom stereocenters. The SMILES string of the molecule is COc1ccc(S(N)(=O)=O)cc1C(=O)OCC(=O)Nc1ccc(N(C)C)cc1. The van der Waals surface area contributed by atoms with Gasteiger partial charge in [-0.05, 0) is 42.5 Å². The van der Waals surface area contributed by atoms with Crippen LogP contribution in [0.1, 0.15) is 10.4 Å². The van der Waals surface area contributed by atoms with Crippen molar-refractivity contribution in [1.29, 1.82) is 0 Å². The fraction of sp³-hybridized carbons (Fsp3) is 0.222. The molecule has 0 spiro atoms. The lowest BCUT2D eigenvalue weighted by molar-refractivity contribution is -0.119. The van der Waals surface area contributed by atoms with Crippen LogP contribution in [0, 0.1) is 0 Å². The molecule has 0 saturated heterocycles. The molecule has 28 heavy (non-hydrogen) atoms. The number of benzene rings is 2. The Labute approximate surface area is 163 Å². The van der Waals surface area contributed by atoms with Gasteiger partial charge in [-0.2, -0.15) is 0 Å². The van der Waals surface area contributed by atoms with E-state index in [1.165, 1.54) is 19.2 Å². The summed E-state index contributed by atoms with van der Waals surface area (Å²) in [7, 11) is 1.09. The van der Waals surface area contributed by atoms with Crippen molar-refractivity contribution >= 4 is 33.3 Å². The zero-order valence-corrected chi connectivity index (χ0v) is 16.4. The molecule has 0 aromatic heterocycles. The van der Waals surface area contributed by atoms with Crippen LogP contribution < -0.4 is 20.1 Å². The Kier molecular flexibility index (Phi) is 6.60. The van der Waals surface area contributed by atoms with Gasteiger partial charge >= 0.3 is 5.97 Å². The Bertz CT molecular complexity index is 971. The van der Waals surface area contributed by atoms with Crippen molar-refractivity contribution in [2.45, 2.75) is 4.90 Å². The van der Waals surface area contributed by atoms with Gasteiger partial charge in [-0.15, -0.1) is 0 Å². The number of primary sulfonamides is 1. The van der Waals surface area contributed by atoms with E-state index in [-0.39, 0.29) is 16.2 Å². The third-order valence-electron chi connectivity index (χ3n) is 3.72. The predicted molar refractivity (Wildman–Crippen MR) is 104 cm³/mol. The second kappa shape index (κ2) is 8.72. The molecule has 9 nitrogen and oxygen atoms in total. The number of carbonyl (C=O) groups is 2. The van der Waals surface area contributed by atoms with Crippen LogP contribution in [-0.2, 0) is 19.6 Å². The number of methoxy groups -OCH3 is 1. The third kappa shape index (κ3) is 5.44. The van der Waals surface area contributed by atoms with E-state index in [0.29, 0.717) is 5.69 Å². The largest absolute Gasteiger partial charge is 0.496 e. The Balaban J connectivity index is 2.04. The lowest BCUT2D eigenvalue weighted by Crippen LogP contribution is -2.21. The summed E-state index contributed by atoms with van der Waals surface area (Å²) in [6.07, 6.45) is 0. The highest BCUT2D eigenvalue weighted by atomic mass is 32.2. The number of nitrogens with one attached hydrogen (secondary N) is 1. The highest BCUT2D eigenvalue weighted by Gasteiger charge is 2.19. The summed E-state index contributed by atoms with van der Waals surface area (Å²) in [4.78, 5) is 25.9. The molecule has 0 aliphatic heterocycles. The lowest BCUT2D eigenvalue weighted by atomic mass is 10.2. The summed E-state index contributed by atoms with van der Waals surface area (Å²) in [5.41, 5.74) is 1.35. The molecule has 0 aliphatic rings. The zero-order chi connectivity index (χ0) is 20.9. The number of nitrogens with zero attached hydrogens (tertiary/aromatic N) is 1. The van der Waals surface area contributed by atoms with Gasteiger partial charge < -0.3 is 19.7 Å². The van der Waals surface area contributed by atoms with Crippen molar-refractivity contribution < 1.29 is 27.5 Å². The molecule has 0 atom stereocenters. The average Bonchev–Trinajstić information content (AvgIpc) is 2.65. The van der Waals surface area contributed by atoms with Crippen molar-refractivity contribution in [3.63, 3.8) is 0 Å². The fourth-order valence-corrected chi connectivity index (χ4v) is 2.81. The molecule has 0 aliphatic carbocycles. The molecule has 0 saturated carbocycles. The van der Waals surface area contributed by atoms with E-state index in [0.717, 1.165) is 11.8 Å². The van der Waals surface area contributed by atoms with Crippen LogP contribution in [0.2, 0.25) is 0 Å². The highest BCUT2D eigenvalue weighted by molar-refractivity contribution is 7.89. The predicted octanol–water partition coefficient (Wildman–Crippen LogP) is 1.20. The van der Waals surface area contributed by atoms with Crippen LogP contribution in [0.5, 0.6) is 5.75 Å². The maximum Gasteiger partial charge on any atom is 0.342 e. The number of hydrogen-bond donors (Lipinski definition) is 2. The summed E-state index contributed by atoms with van der Waals surface area (Å²) in [5, 5.41) is 7.66. The van der Waals surface area contributed by atoms with Gasteiger partial charge in [0, 0.05) is 25.5 Å². The number of hydrogen-bond acceptors (Lipinski definition) is 7. The first-order valence-corrected chi connectivity index (χ1v) is 9.61. The molecule has 10 heteroatoms. The summed E-state index contributed by atoms with van der Waals surface area (Å²) >= 11 is 0. The molecular weight excluding hydrogens is 386 g/mol. The smallest absolute Gasteiger partial charge is 0.342 e. The molecule has 0 bridgehead atoms. The van der Waals surface area contributed by atoms with Crippen molar-refractivity contribution in [1.82, 2.24) is 0 Å². The standard InChI is InChI=1S/C18H21N3O6S/c1-21(2)13-6-4-12(5-7-13)20-17(22)11-27-18(23)15-10-14(28(19,24)25)8-9-16(15)26-3/h4-10H,11H2,1-3H3,(H,20,22)(H2,19,24,25). The maximum absolute atomic E-state index is 12.3. The Morgan fingerprint density at radius 3 is 2.29 bits per heavy atom. The number of carbonyl (C=O) groups excluding carboxylic acids is 2. The van der Waals surface area contributed by atoms with Crippen LogP contribution in [0.3, 0.4) is 0 Å².